The molecule has 5 nitrogen and oxygen atoms in total. The molecule has 0 saturated heterocycles. The van der Waals surface area contributed by atoms with Crippen LogP contribution in [0.5, 0.6) is 0 Å². The third-order valence-electron chi connectivity index (χ3n) is 3.04. The van der Waals surface area contributed by atoms with Crippen molar-refractivity contribution in [1.29, 1.82) is 0 Å². The second kappa shape index (κ2) is 5.71. The molecule has 0 unspecified atom stereocenters. The molecule has 0 spiro atoms. The number of hydrogen-bond donors (Lipinski definition) is 1. The summed E-state index contributed by atoms with van der Waals surface area (Å²) in [6.07, 6.45) is 6.45. The van der Waals surface area contributed by atoms with Gasteiger partial charge in [0.15, 0.2) is 0 Å². The van der Waals surface area contributed by atoms with Crippen molar-refractivity contribution in [3.8, 4) is 0 Å². The lowest BCUT2D eigenvalue weighted by Gasteiger charge is -2.03. The highest BCUT2D eigenvalue weighted by molar-refractivity contribution is 7.90. The highest BCUT2D eigenvalue weighted by atomic mass is 32.2. The Balaban J connectivity index is 2.23. The number of aryl methyl sites for hydroxylation is 1. The zero-order valence-corrected chi connectivity index (χ0v) is 11.9. The van der Waals surface area contributed by atoms with E-state index in [9.17, 15) is 8.42 Å². The summed E-state index contributed by atoms with van der Waals surface area (Å²) >= 11 is 0. The molecule has 19 heavy (non-hydrogen) atoms. The molecule has 2 aromatic heterocycles. The molecule has 0 aliphatic rings. The first-order valence-electron chi connectivity index (χ1n) is 6.32. The maximum absolute atomic E-state index is 11.2. The van der Waals surface area contributed by atoms with Crippen LogP contribution >= 0.6 is 0 Å². The summed E-state index contributed by atoms with van der Waals surface area (Å²) in [5.74, 6) is 0.200. The third kappa shape index (κ3) is 3.54. The molecule has 0 fully saturated rings. The van der Waals surface area contributed by atoms with Gasteiger partial charge in [-0.15, -0.1) is 0 Å². The van der Waals surface area contributed by atoms with Gasteiger partial charge in [0.05, 0.1) is 5.75 Å². The van der Waals surface area contributed by atoms with Gasteiger partial charge in [-0.05, 0) is 37.1 Å². The highest BCUT2D eigenvalue weighted by Gasteiger charge is 2.09. The van der Waals surface area contributed by atoms with Crippen molar-refractivity contribution in [3.05, 3.63) is 30.1 Å². The SMILES string of the molecule is CS(=O)(=O)CCCn1cc(CCN)c2cccnc21. The lowest BCUT2D eigenvalue weighted by atomic mass is 10.2. The maximum atomic E-state index is 11.2. The summed E-state index contributed by atoms with van der Waals surface area (Å²) in [6.45, 7) is 1.25. The monoisotopic (exact) mass is 281 g/mol. The molecule has 0 bridgehead atoms. The molecule has 104 valence electrons. The van der Waals surface area contributed by atoms with Gasteiger partial charge in [0.1, 0.15) is 15.5 Å². The van der Waals surface area contributed by atoms with Gasteiger partial charge in [0.2, 0.25) is 0 Å². The van der Waals surface area contributed by atoms with Crippen molar-refractivity contribution in [2.75, 3.05) is 18.6 Å². The van der Waals surface area contributed by atoms with Crippen LogP contribution in [-0.2, 0) is 22.8 Å². The Labute approximate surface area is 113 Å². The van der Waals surface area contributed by atoms with Crippen molar-refractivity contribution in [1.82, 2.24) is 9.55 Å². The van der Waals surface area contributed by atoms with E-state index >= 15 is 0 Å². The number of fused-ring (bicyclic) bond motifs is 1. The van der Waals surface area contributed by atoms with Gasteiger partial charge in [0.25, 0.3) is 0 Å². The molecule has 6 heteroatoms. The average molecular weight is 281 g/mol. The minimum absolute atomic E-state index is 0.200. The largest absolute Gasteiger partial charge is 0.332 e. The van der Waals surface area contributed by atoms with Gasteiger partial charge in [-0.2, -0.15) is 0 Å². The minimum Gasteiger partial charge on any atom is -0.332 e. The first-order valence-corrected chi connectivity index (χ1v) is 8.38. The number of nitrogens with two attached hydrogens (primary N) is 1. The van der Waals surface area contributed by atoms with Crippen LogP contribution in [0.25, 0.3) is 11.0 Å². The second-order valence-corrected chi connectivity index (χ2v) is 7.00. The minimum atomic E-state index is -2.90. The molecular weight excluding hydrogens is 262 g/mol. The Morgan fingerprint density at radius 1 is 1.42 bits per heavy atom. The van der Waals surface area contributed by atoms with Crippen LogP contribution in [0, 0.1) is 0 Å². The molecule has 0 aliphatic heterocycles. The summed E-state index contributed by atoms with van der Waals surface area (Å²) in [6, 6.07) is 3.93. The summed E-state index contributed by atoms with van der Waals surface area (Å²) in [7, 11) is -2.90. The van der Waals surface area contributed by atoms with Crippen LogP contribution in [0.15, 0.2) is 24.5 Å². The van der Waals surface area contributed by atoms with E-state index in [4.69, 9.17) is 5.73 Å². The predicted molar refractivity (Wildman–Crippen MR) is 76.8 cm³/mol. The Hall–Kier alpha value is -1.40. The first-order chi connectivity index (χ1) is 9.01. The fraction of sp³-hybridized carbons (Fsp3) is 0.462. The number of hydrogen-bond acceptors (Lipinski definition) is 4. The van der Waals surface area contributed by atoms with E-state index in [1.807, 2.05) is 22.9 Å². The third-order valence-corrected chi connectivity index (χ3v) is 4.07. The van der Waals surface area contributed by atoms with Gasteiger partial charge in [-0.1, -0.05) is 0 Å². The lowest BCUT2D eigenvalue weighted by molar-refractivity contribution is 0.593. The molecule has 2 rings (SSSR count). The van der Waals surface area contributed by atoms with Crippen molar-refractivity contribution in [2.45, 2.75) is 19.4 Å². The van der Waals surface area contributed by atoms with Crippen LogP contribution < -0.4 is 5.73 Å². The normalized spacial score (nSPS) is 12.1. The van der Waals surface area contributed by atoms with E-state index in [1.54, 1.807) is 6.20 Å². The van der Waals surface area contributed by atoms with Crippen LogP contribution in [-0.4, -0.2) is 36.5 Å². The van der Waals surface area contributed by atoms with Gasteiger partial charge in [-0.3, -0.25) is 0 Å². The fourth-order valence-electron chi connectivity index (χ4n) is 2.22. The number of sulfone groups is 1. The zero-order valence-electron chi connectivity index (χ0n) is 11.0. The zero-order chi connectivity index (χ0) is 13.9. The quantitative estimate of drug-likeness (QED) is 0.856. The van der Waals surface area contributed by atoms with Crippen molar-refractivity contribution >= 4 is 20.9 Å². The topological polar surface area (TPSA) is 78.0 Å². The molecule has 0 aliphatic carbocycles. The van der Waals surface area contributed by atoms with Crippen LogP contribution in [0.1, 0.15) is 12.0 Å². The van der Waals surface area contributed by atoms with Gasteiger partial charge in [-0.25, -0.2) is 13.4 Å². The van der Waals surface area contributed by atoms with Crippen LogP contribution in [0.3, 0.4) is 0 Å². The van der Waals surface area contributed by atoms with E-state index < -0.39 is 9.84 Å². The van der Waals surface area contributed by atoms with Crippen molar-refractivity contribution in [3.63, 3.8) is 0 Å². The summed E-state index contributed by atoms with van der Waals surface area (Å²) < 4.78 is 24.3. The van der Waals surface area contributed by atoms with E-state index in [1.165, 1.54) is 11.8 Å². The second-order valence-electron chi connectivity index (χ2n) is 4.74. The van der Waals surface area contributed by atoms with Crippen molar-refractivity contribution in [2.24, 2.45) is 5.73 Å². The highest BCUT2D eigenvalue weighted by Crippen LogP contribution is 2.20. The molecule has 2 N–H and O–H groups in total. The van der Waals surface area contributed by atoms with Crippen LogP contribution in [0.2, 0.25) is 0 Å². The Bertz CT molecular complexity index is 662. The maximum Gasteiger partial charge on any atom is 0.147 e. The molecular formula is C13H19N3O2S. The molecule has 0 atom stereocenters. The Morgan fingerprint density at radius 3 is 2.89 bits per heavy atom. The Morgan fingerprint density at radius 2 is 2.21 bits per heavy atom. The summed E-state index contributed by atoms with van der Waals surface area (Å²) in [4.78, 5) is 4.37. The summed E-state index contributed by atoms with van der Waals surface area (Å²) in [5.41, 5.74) is 7.68. The van der Waals surface area contributed by atoms with E-state index in [2.05, 4.69) is 4.98 Å². The first kappa shape index (κ1) is 14.0. The smallest absolute Gasteiger partial charge is 0.147 e. The molecule has 2 heterocycles. The molecule has 0 amide bonds. The Kier molecular flexibility index (Phi) is 4.21. The fourth-order valence-corrected chi connectivity index (χ4v) is 2.87. The average Bonchev–Trinajstić information content (AvgIpc) is 2.68. The van der Waals surface area contributed by atoms with Crippen LogP contribution in [0.4, 0.5) is 0 Å². The summed E-state index contributed by atoms with van der Waals surface area (Å²) in [5, 5.41) is 1.10. The molecule has 0 radical (unpaired) electrons. The van der Waals surface area contributed by atoms with Crippen molar-refractivity contribution < 1.29 is 8.42 Å². The lowest BCUT2D eigenvalue weighted by Crippen LogP contribution is -2.07. The van der Waals surface area contributed by atoms with E-state index in [0.717, 1.165) is 17.5 Å². The van der Waals surface area contributed by atoms with Gasteiger partial charge >= 0.3 is 0 Å². The number of aromatic nitrogens is 2. The van der Waals surface area contributed by atoms with E-state index in [0.29, 0.717) is 19.5 Å². The van der Waals surface area contributed by atoms with E-state index in [-0.39, 0.29) is 5.75 Å². The molecule has 0 aromatic carbocycles. The number of nitrogens with zero attached hydrogens (tertiary/aromatic N) is 2. The molecule has 2 aromatic rings. The molecule has 0 saturated carbocycles. The number of pyridine rings is 1. The van der Waals surface area contributed by atoms with Gasteiger partial charge < -0.3 is 10.3 Å². The number of rotatable bonds is 6. The standard InChI is InChI=1S/C13H19N3O2S/c1-19(17,18)9-3-8-16-10-11(5-6-14)12-4-2-7-15-13(12)16/h2,4,7,10H,3,5-6,8-9,14H2,1H3. The van der Waals surface area contributed by atoms with Gasteiger partial charge in [0, 0.05) is 30.6 Å². The predicted octanol–water partition coefficient (Wildman–Crippen LogP) is 0.972.